The lowest BCUT2D eigenvalue weighted by molar-refractivity contribution is 0.0987. The van der Waals surface area contributed by atoms with Crippen molar-refractivity contribution >= 4 is 11.7 Å². The van der Waals surface area contributed by atoms with Gasteiger partial charge < -0.3 is 14.4 Å². The predicted octanol–water partition coefficient (Wildman–Crippen LogP) is 3.03. The average molecular weight is 287 g/mol. The summed E-state index contributed by atoms with van der Waals surface area (Å²) in [6, 6.07) is 9.02. The van der Waals surface area contributed by atoms with Gasteiger partial charge in [0.25, 0.3) is 5.91 Å². The normalized spacial score (nSPS) is 10.6. The molecule has 0 fully saturated rings. The van der Waals surface area contributed by atoms with E-state index in [-0.39, 0.29) is 22.8 Å². The summed E-state index contributed by atoms with van der Waals surface area (Å²) >= 11 is 0. The van der Waals surface area contributed by atoms with Crippen molar-refractivity contribution in [3.63, 3.8) is 0 Å². The molecule has 0 aliphatic heterocycles. The summed E-state index contributed by atoms with van der Waals surface area (Å²) in [5.74, 6) is -0.201. The topological polar surface area (TPSA) is 81.2 Å². The van der Waals surface area contributed by atoms with Crippen LogP contribution < -0.4 is 5.32 Å². The Hall–Kier alpha value is -2.96. The van der Waals surface area contributed by atoms with E-state index in [4.69, 9.17) is 9.05 Å². The molecule has 0 radical (unpaired) electrons. The van der Waals surface area contributed by atoms with Crippen molar-refractivity contribution in [1.82, 2.24) is 10.3 Å². The largest absolute Gasteiger partial charge is 0.360 e. The van der Waals surface area contributed by atoms with E-state index in [1.165, 1.54) is 12.1 Å². The number of nitrogens with zero attached hydrogens (tertiary/aromatic N) is 2. The molecular weight excluding hydrogens is 277 g/mol. The first-order valence-electron chi connectivity index (χ1n) is 6.10. The van der Waals surface area contributed by atoms with Gasteiger partial charge in [0.1, 0.15) is 17.3 Å². The van der Waals surface area contributed by atoms with Crippen LogP contribution in [0.4, 0.5) is 10.2 Å². The number of hydrogen-bond donors (Lipinski definition) is 1. The maximum atomic E-state index is 13.6. The third-order valence-electron chi connectivity index (χ3n) is 2.75. The highest BCUT2D eigenvalue weighted by Gasteiger charge is 2.17. The highest BCUT2D eigenvalue weighted by molar-refractivity contribution is 6.02. The molecule has 0 saturated heterocycles. The van der Waals surface area contributed by atoms with Crippen LogP contribution in [0.15, 0.2) is 45.4 Å². The van der Waals surface area contributed by atoms with Crippen molar-refractivity contribution < 1.29 is 18.2 Å². The predicted molar refractivity (Wildman–Crippen MR) is 71.1 cm³/mol. The van der Waals surface area contributed by atoms with E-state index in [0.29, 0.717) is 5.76 Å². The Morgan fingerprint density at radius 1 is 1.19 bits per heavy atom. The smallest absolute Gasteiger partial charge is 0.295 e. The molecule has 0 bridgehead atoms. The maximum absolute atomic E-state index is 13.6. The summed E-state index contributed by atoms with van der Waals surface area (Å²) in [6.07, 6.45) is 0. The van der Waals surface area contributed by atoms with Gasteiger partial charge in [-0.25, -0.2) is 4.39 Å². The van der Waals surface area contributed by atoms with Crippen LogP contribution in [0.1, 0.15) is 16.3 Å². The highest BCUT2D eigenvalue weighted by Crippen LogP contribution is 2.22. The zero-order valence-corrected chi connectivity index (χ0v) is 11.0. The minimum Gasteiger partial charge on any atom is -0.360 e. The molecule has 6 nitrogen and oxygen atoms in total. The molecule has 21 heavy (non-hydrogen) atoms. The van der Waals surface area contributed by atoms with Crippen LogP contribution >= 0.6 is 0 Å². The fraction of sp³-hybridized carbons (Fsp3) is 0.0714. The fourth-order valence-electron chi connectivity index (χ4n) is 1.78. The number of aromatic nitrogens is 2. The van der Waals surface area contributed by atoms with Gasteiger partial charge in [0.15, 0.2) is 5.82 Å². The Morgan fingerprint density at radius 2 is 2.00 bits per heavy atom. The van der Waals surface area contributed by atoms with Crippen LogP contribution in [0.5, 0.6) is 0 Å². The molecule has 2 heterocycles. The van der Waals surface area contributed by atoms with Gasteiger partial charge in [-0.05, 0) is 19.1 Å². The number of hydrogen-bond acceptors (Lipinski definition) is 5. The Bertz CT molecular complexity index is 794. The molecule has 1 N–H and O–H groups in total. The number of carbonyl (C=O) groups is 1. The van der Waals surface area contributed by atoms with Crippen molar-refractivity contribution in [3.05, 3.63) is 53.7 Å². The second-order valence-electron chi connectivity index (χ2n) is 4.33. The number of amides is 1. The number of benzene rings is 1. The molecule has 2 aromatic heterocycles. The summed E-state index contributed by atoms with van der Waals surface area (Å²) in [5, 5.41) is 9.81. The average Bonchev–Trinajstić information content (AvgIpc) is 3.09. The third kappa shape index (κ3) is 2.66. The third-order valence-corrected chi connectivity index (χ3v) is 2.75. The molecule has 0 unspecified atom stereocenters. The van der Waals surface area contributed by atoms with Crippen molar-refractivity contribution in [2.75, 3.05) is 5.32 Å². The lowest BCUT2D eigenvalue weighted by Crippen LogP contribution is -2.10. The van der Waals surface area contributed by atoms with Crippen LogP contribution in [0, 0.1) is 12.7 Å². The van der Waals surface area contributed by atoms with Crippen LogP contribution in [-0.4, -0.2) is 16.2 Å². The van der Waals surface area contributed by atoms with E-state index in [2.05, 4.69) is 15.6 Å². The molecule has 1 amide bonds. The Labute approximate surface area is 118 Å². The van der Waals surface area contributed by atoms with E-state index in [1.54, 1.807) is 31.2 Å². The number of carbonyl (C=O) groups excluding carboxylic acids is 1. The van der Waals surface area contributed by atoms with Gasteiger partial charge in [-0.2, -0.15) is 0 Å². The highest BCUT2D eigenvalue weighted by atomic mass is 19.1. The van der Waals surface area contributed by atoms with Gasteiger partial charge in [-0.15, -0.1) is 0 Å². The van der Waals surface area contributed by atoms with Crippen molar-refractivity contribution in [1.29, 1.82) is 0 Å². The summed E-state index contributed by atoms with van der Waals surface area (Å²) in [6.45, 7) is 1.70. The summed E-state index contributed by atoms with van der Waals surface area (Å²) in [4.78, 5) is 11.9. The molecule has 106 valence electrons. The van der Waals surface area contributed by atoms with Gasteiger partial charge >= 0.3 is 0 Å². The molecule has 0 atom stereocenters. The lowest BCUT2D eigenvalue weighted by Gasteiger charge is -1.96. The minimum atomic E-state index is -0.543. The van der Waals surface area contributed by atoms with Crippen molar-refractivity contribution in [3.8, 4) is 11.3 Å². The molecule has 3 rings (SSSR count). The SMILES string of the molecule is Cc1cc(NC(=O)c2cc(-c3ccccc3F)no2)no1. The van der Waals surface area contributed by atoms with Crippen LogP contribution in [0.25, 0.3) is 11.3 Å². The maximum Gasteiger partial charge on any atom is 0.295 e. The zero-order chi connectivity index (χ0) is 14.8. The van der Waals surface area contributed by atoms with E-state index >= 15 is 0 Å². The van der Waals surface area contributed by atoms with Crippen LogP contribution in [0.2, 0.25) is 0 Å². The molecule has 3 aromatic rings. The fourth-order valence-corrected chi connectivity index (χ4v) is 1.78. The summed E-state index contributed by atoms with van der Waals surface area (Å²) in [7, 11) is 0. The van der Waals surface area contributed by atoms with Crippen LogP contribution in [0.3, 0.4) is 0 Å². The quantitative estimate of drug-likeness (QED) is 0.800. The lowest BCUT2D eigenvalue weighted by atomic mass is 10.1. The van der Waals surface area contributed by atoms with E-state index in [0.717, 1.165) is 0 Å². The van der Waals surface area contributed by atoms with Gasteiger partial charge in [0.05, 0.1) is 0 Å². The first kappa shape index (κ1) is 13.0. The molecule has 0 spiro atoms. The number of halogens is 1. The van der Waals surface area contributed by atoms with E-state index in [9.17, 15) is 9.18 Å². The second kappa shape index (κ2) is 5.20. The molecular formula is C14H10FN3O3. The van der Waals surface area contributed by atoms with Crippen molar-refractivity contribution in [2.45, 2.75) is 6.92 Å². The second-order valence-corrected chi connectivity index (χ2v) is 4.33. The molecule has 7 heteroatoms. The molecule has 0 saturated carbocycles. The number of anilines is 1. The Morgan fingerprint density at radius 3 is 2.71 bits per heavy atom. The van der Waals surface area contributed by atoms with E-state index < -0.39 is 11.7 Å². The number of nitrogens with one attached hydrogen (secondary N) is 1. The van der Waals surface area contributed by atoms with E-state index in [1.807, 2.05) is 0 Å². The first-order valence-corrected chi connectivity index (χ1v) is 6.10. The molecule has 0 aliphatic rings. The summed E-state index contributed by atoms with van der Waals surface area (Å²) < 4.78 is 23.4. The standard InChI is InChI=1S/C14H10FN3O3/c1-8-6-13(18-20-8)16-14(19)12-7-11(17-21-12)9-4-2-3-5-10(9)15/h2-7H,1H3,(H,16,18,19). The Balaban J connectivity index is 1.82. The number of aryl methyl sites for hydroxylation is 1. The van der Waals surface area contributed by atoms with Gasteiger partial charge in [0, 0.05) is 17.7 Å². The zero-order valence-electron chi connectivity index (χ0n) is 11.0. The Kier molecular flexibility index (Phi) is 3.23. The number of rotatable bonds is 3. The van der Waals surface area contributed by atoms with Gasteiger partial charge in [-0.1, -0.05) is 22.4 Å². The van der Waals surface area contributed by atoms with Crippen molar-refractivity contribution in [2.24, 2.45) is 0 Å². The van der Waals surface area contributed by atoms with Crippen LogP contribution in [-0.2, 0) is 0 Å². The van der Waals surface area contributed by atoms with Gasteiger partial charge in [-0.3, -0.25) is 4.79 Å². The van der Waals surface area contributed by atoms with Gasteiger partial charge in [0.2, 0.25) is 5.76 Å². The monoisotopic (exact) mass is 287 g/mol. The minimum absolute atomic E-state index is 0.0473. The first-order chi connectivity index (χ1) is 10.1. The molecule has 1 aromatic carbocycles. The summed E-state index contributed by atoms with van der Waals surface area (Å²) in [5.41, 5.74) is 0.507. The molecule has 0 aliphatic carbocycles.